The first-order valence-electron chi connectivity index (χ1n) is 6.21. The van der Waals surface area contributed by atoms with Gasteiger partial charge in [-0.2, -0.15) is 0 Å². The molecule has 1 aliphatic heterocycles. The number of halogens is 1. The molecule has 0 unspecified atom stereocenters. The normalized spacial score (nSPS) is 22.7. The van der Waals surface area contributed by atoms with Gasteiger partial charge < -0.3 is 4.74 Å². The largest absolute Gasteiger partial charge is 0.467 e. The average molecular weight is 296 g/mol. The molecule has 8 heteroatoms. The van der Waals surface area contributed by atoms with Crippen molar-refractivity contribution in [3.63, 3.8) is 0 Å². The maximum absolute atomic E-state index is 13.4. The number of rotatable bonds is 6. The van der Waals surface area contributed by atoms with Crippen molar-refractivity contribution in [2.75, 3.05) is 26.7 Å². The van der Waals surface area contributed by atoms with Crippen molar-refractivity contribution < 1.29 is 22.3 Å². The van der Waals surface area contributed by atoms with Gasteiger partial charge in [0, 0.05) is 19.1 Å². The van der Waals surface area contributed by atoms with Crippen molar-refractivity contribution in [1.29, 1.82) is 0 Å². The van der Waals surface area contributed by atoms with Crippen LogP contribution in [0.1, 0.15) is 20.3 Å². The van der Waals surface area contributed by atoms with Gasteiger partial charge in [0.25, 0.3) is 0 Å². The van der Waals surface area contributed by atoms with Gasteiger partial charge in [0.2, 0.25) is 16.2 Å². The number of sulfonamides is 1. The monoisotopic (exact) mass is 296 g/mol. The van der Waals surface area contributed by atoms with E-state index in [1.807, 2.05) is 0 Å². The third-order valence-corrected chi connectivity index (χ3v) is 5.01. The van der Waals surface area contributed by atoms with Crippen LogP contribution >= 0.6 is 0 Å². The zero-order chi connectivity index (χ0) is 14.6. The summed E-state index contributed by atoms with van der Waals surface area (Å²) in [4.78, 5) is 12.6. The van der Waals surface area contributed by atoms with E-state index in [9.17, 15) is 17.6 Å². The summed E-state index contributed by atoms with van der Waals surface area (Å²) >= 11 is 0. The standard InChI is InChI=1S/C11H21FN2O4S/c1-8(2)13-19(16,17)9-4-5-14(6-9)7-10(12)11(15)18-3/h8-10,13H,4-7H2,1-3H3/t9-,10-/m1/s1. The van der Waals surface area contributed by atoms with Crippen LogP contribution in [-0.4, -0.2) is 63.5 Å². The minimum absolute atomic E-state index is 0.125. The molecule has 0 aliphatic carbocycles. The van der Waals surface area contributed by atoms with Crippen LogP contribution in [0.2, 0.25) is 0 Å². The highest BCUT2D eigenvalue weighted by Crippen LogP contribution is 2.17. The minimum Gasteiger partial charge on any atom is -0.467 e. The smallest absolute Gasteiger partial charge is 0.341 e. The number of hydrogen-bond donors (Lipinski definition) is 1. The molecule has 0 saturated carbocycles. The van der Waals surface area contributed by atoms with Gasteiger partial charge in [-0.25, -0.2) is 22.3 Å². The number of ether oxygens (including phenoxy) is 1. The second-order valence-electron chi connectivity index (χ2n) is 4.98. The Hall–Kier alpha value is -0.730. The molecular weight excluding hydrogens is 275 g/mol. The Morgan fingerprint density at radius 1 is 1.53 bits per heavy atom. The quantitative estimate of drug-likeness (QED) is 0.693. The van der Waals surface area contributed by atoms with Gasteiger partial charge in [0.1, 0.15) is 0 Å². The summed E-state index contributed by atoms with van der Waals surface area (Å²) < 4.78 is 44.1. The van der Waals surface area contributed by atoms with Crippen molar-refractivity contribution in [2.24, 2.45) is 0 Å². The number of nitrogens with one attached hydrogen (secondary N) is 1. The third kappa shape index (κ3) is 4.70. The number of carbonyl (C=O) groups excluding carboxylic acids is 1. The molecule has 1 fully saturated rings. The molecule has 1 N–H and O–H groups in total. The van der Waals surface area contributed by atoms with Crippen LogP contribution in [0.5, 0.6) is 0 Å². The number of hydrogen-bond acceptors (Lipinski definition) is 5. The molecule has 1 aliphatic rings. The second-order valence-corrected chi connectivity index (χ2v) is 6.97. The minimum atomic E-state index is -3.38. The van der Waals surface area contributed by atoms with Crippen molar-refractivity contribution in [3.05, 3.63) is 0 Å². The van der Waals surface area contributed by atoms with Crippen molar-refractivity contribution in [2.45, 2.75) is 37.7 Å². The fraction of sp³-hybridized carbons (Fsp3) is 0.909. The van der Waals surface area contributed by atoms with E-state index in [0.717, 1.165) is 7.11 Å². The Morgan fingerprint density at radius 3 is 2.68 bits per heavy atom. The lowest BCUT2D eigenvalue weighted by Gasteiger charge is -2.18. The van der Waals surface area contributed by atoms with Crippen LogP contribution in [0.3, 0.4) is 0 Å². The molecule has 1 rings (SSSR count). The van der Waals surface area contributed by atoms with Crippen molar-refractivity contribution >= 4 is 16.0 Å². The van der Waals surface area contributed by atoms with E-state index < -0.39 is 27.4 Å². The lowest BCUT2D eigenvalue weighted by Crippen LogP contribution is -2.41. The SMILES string of the molecule is COC(=O)[C@H](F)CN1CC[C@@H](S(=O)(=O)NC(C)C)C1. The number of methoxy groups -OCH3 is 1. The fourth-order valence-electron chi connectivity index (χ4n) is 2.07. The van der Waals surface area contributed by atoms with Gasteiger partial charge in [-0.15, -0.1) is 0 Å². The zero-order valence-electron chi connectivity index (χ0n) is 11.4. The molecule has 0 aromatic carbocycles. The number of esters is 1. The highest BCUT2D eigenvalue weighted by molar-refractivity contribution is 7.90. The molecule has 19 heavy (non-hydrogen) atoms. The zero-order valence-corrected chi connectivity index (χ0v) is 12.2. The molecule has 1 saturated heterocycles. The number of alkyl halides is 1. The molecule has 0 aromatic heterocycles. The first kappa shape index (κ1) is 16.3. The lowest BCUT2D eigenvalue weighted by atomic mass is 10.3. The van der Waals surface area contributed by atoms with Crippen molar-refractivity contribution in [3.8, 4) is 0 Å². The van der Waals surface area contributed by atoms with E-state index >= 15 is 0 Å². The molecule has 0 bridgehead atoms. The topological polar surface area (TPSA) is 75.7 Å². The van der Waals surface area contributed by atoms with Crippen LogP contribution in [0.15, 0.2) is 0 Å². The molecule has 0 spiro atoms. The Morgan fingerprint density at radius 2 is 2.16 bits per heavy atom. The van der Waals surface area contributed by atoms with Crippen LogP contribution in [-0.2, 0) is 19.6 Å². The highest BCUT2D eigenvalue weighted by atomic mass is 32.2. The number of likely N-dealkylation sites (tertiary alicyclic amines) is 1. The molecule has 1 heterocycles. The van der Waals surface area contributed by atoms with E-state index in [-0.39, 0.29) is 19.1 Å². The average Bonchev–Trinajstić information content (AvgIpc) is 2.75. The van der Waals surface area contributed by atoms with Crippen LogP contribution in [0.4, 0.5) is 4.39 Å². The lowest BCUT2D eigenvalue weighted by molar-refractivity contribution is -0.147. The maximum Gasteiger partial charge on any atom is 0.341 e. The Kier molecular flexibility index (Phi) is 5.69. The van der Waals surface area contributed by atoms with Gasteiger partial charge in [-0.3, -0.25) is 4.90 Å². The highest BCUT2D eigenvalue weighted by Gasteiger charge is 2.35. The third-order valence-electron chi connectivity index (χ3n) is 2.94. The molecule has 0 radical (unpaired) electrons. The first-order chi connectivity index (χ1) is 8.76. The predicted octanol–water partition coefficient (Wildman–Crippen LogP) is -0.100. The summed E-state index contributed by atoms with van der Waals surface area (Å²) in [6.07, 6.45) is -1.29. The van der Waals surface area contributed by atoms with Crippen LogP contribution in [0, 0.1) is 0 Å². The Balaban J connectivity index is 2.52. The fourth-order valence-corrected chi connectivity index (χ4v) is 3.74. The van der Waals surface area contributed by atoms with E-state index in [2.05, 4.69) is 9.46 Å². The number of carbonyl (C=O) groups is 1. The van der Waals surface area contributed by atoms with Gasteiger partial charge in [0.15, 0.2) is 0 Å². The molecule has 112 valence electrons. The summed E-state index contributed by atoms with van der Waals surface area (Å²) in [5.74, 6) is -0.924. The summed E-state index contributed by atoms with van der Waals surface area (Å²) in [5.41, 5.74) is 0. The summed E-state index contributed by atoms with van der Waals surface area (Å²) in [5, 5.41) is -0.556. The second kappa shape index (κ2) is 6.62. The van der Waals surface area contributed by atoms with Gasteiger partial charge in [-0.1, -0.05) is 0 Å². The Labute approximate surface area is 113 Å². The van der Waals surface area contributed by atoms with Gasteiger partial charge >= 0.3 is 5.97 Å². The molecule has 6 nitrogen and oxygen atoms in total. The molecule has 0 aromatic rings. The van der Waals surface area contributed by atoms with E-state index in [1.165, 1.54) is 0 Å². The van der Waals surface area contributed by atoms with E-state index in [0.29, 0.717) is 13.0 Å². The first-order valence-corrected chi connectivity index (χ1v) is 7.76. The summed E-state index contributed by atoms with van der Waals surface area (Å²) in [7, 11) is -2.26. The maximum atomic E-state index is 13.4. The van der Waals surface area contributed by atoms with Crippen LogP contribution < -0.4 is 4.72 Å². The van der Waals surface area contributed by atoms with Crippen LogP contribution in [0.25, 0.3) is 0 Å². The van der Waals surface area contributed by atoms with Gasteiger partial charge in [0.05, 0.1) is 12.4 Å². The van der Waals surface area contributed by atoms with Crippen molar-refractivity contribution in [1.82, 2.24) is 9.62 Å². The Bertz CT molecular complexity index is 413. The predicted molar refractivity (Wildman–Crippen MR) is 68.9 cm³/mol. The molecule has 2 atom stereocenters. The van der Waals surface area contributed by atoms with E-state index in [1.54, 1.807) is 18.7 Å². The summed E-state index contributed by atoms with van der Waals surface area (Å²) in [6, 6.07) is -0.164. The number of nitrogens with zero attached hydrogens (tertiary/aromatic N) is 1. The van der Waals surface area contributed by atoms with Gasteiger partial charge in [-0.05, 0) is 26.8 Å². The molecular formula is C11H21FN2O4S. The van der Waals surface area contributed by atoms with E-state index in [4.69, 9.17) is 0 Å². The molecule has 0 amide bonds. The summed E-state index contributed by atoms with van der Waals surface area (Å²) in [6.45, 7) is 4.07.